The third-order valence-electron chi connectivity index (χ3n) is 3.28. The Balaban J connectivity index is 2.56. The van der Waals surface area contributed by atoms with Crippen LogP contribution in [0.3, 0.4) is 0 Å². The number of hydrogen-bond donors (Lipinski definition) is 0. The second-order valence-corrected chi connectivity index (χ2v) is 6.06. The molecule has 1 aliphatic heterocycles. The third-order valence-corrected chi connectivity index (χ3v) is 3.28. The molecule has 4 heteroatoms. The third kappa shape index (κ3) is 4.58. The minimum Gasteiger partial charge on any atom is -0.459 e. The highest BCUT2D eigenvalue weighted by molar-refractivity contribution is 5.76. The summed E-state index contributed by atoms with van der Waals surface area (Å²) in [5, 5.41) is 0. The van der Waals surface area contributed by atoms with Gasteiger partial charge in [0, 0.05) is 19.8 Å². The maximum atomic E-state index is 12.2. The Bertz CT molecular complexity index is 273. The van der Waals surface area contributed by atoms with Crippen LogP contribution in [0.4, 0.5) is 0 Å². The molecule has 0 aliphatic carbocycles. The normalized spacial score (nSPS) is 23.1. The quantitative estimate of drug-likeness (QED) is 0.708. The monoisotopic (exact) mass is 257 g/mol. The van der Waals surface area contributed by atoms with E-state index < -0.39 is 5.60 Å². The molecule has 0 spiro atoms. The first-order valence-electron chi connectivity index (χ1n) is 6.82. The van der Waals surface area contributed by atoms with Crippen LogP contribution < -0.4 is 0 Å². The highest BCUT2D eigenvalue weighted by atomic mass is 16.6. The largest absolute Gasteiger partial charge is 0.459 e. The molecule has 0 aromatic rings. The zero-order chi connectivity index (χ0) is 13.8. The van der Waals surface area contributed by atoms with E-state index in [0.717, 1.165) is 32.4 Å². The summed E-state index contributed by atoms with van der Waals surface area (Å²) in [6.07, 6.45) is 2.93. The number of rotatable bonds is 5. The van der Waals surface area contributed by atoms with Crippen LogP contribution in [0.1, 0.15) is 47.0 Å². The molecule has 2 atom stereocenters. The second kappa shape index (κ2) is 6.53. The second-order valence-electron chi connectivity index (χ2n) is 6.06. The molecule has 1 fully saturated rings. The van der Waals surface area contributed by atoms with E-state index in [1.54, 1.807) is 7.11 Å². The van der Waals surface area contributed by atoms with Crippen LogP contribution in [0.15, 0.2) is 0 Å². The molecule has 106 valence electrons. The average Bonchev–Trinajstić information content (AvgIpc) is 2.72. The van der Waals surface area contributed by atoms with E-state index in [9.17, 15) is 4.79 Å². The SMILES string of the molecule is COCCC(C)N1CCC[C@@H]1C(=O)OC(C)(C)C. The van der Waals surface area contributed by atoms with Crippen molar-refractivity contribution < 1.29 is 14.3 Å². The molecule has 0 radical (unpaired) electrons. The lowest BCUT2D eigenvalue weighted by molar-refractivity contribution is -0.161. The smallest absolute Gasteiger partial charge is 0.323 e. The van der Waals surface area contributed by atoms with Crippen LogP contribution in [0, 0.1) is 0 Å². The van der Waals surface area contributed by atoms with Gasteiger partial charge in [-0.3, -0.25) is 9.69 Å². The highest BCUT2D eigenvalue weighted by Crippen LogP contribution is 2.24. The number of likely N-dealkylation sites (tertiary alicyclic amines) is 1. The molecule has 0 bridgehead atoms. The van der Waals surface area contributed by atoms with E-state index >= 15 is 0 Å². The van der Waals surface area contributed by atoms with Gasteiger partial charge in [0.05, 0.1) is 0 Å². The molecule has 1 rings (SSSR count). The van der Waals surface area contributed by atoms with E-state index in [-0.39, 0.29) is 12.0 Å². The van der Waals surface area contributed by atoms with Gasteiger partial charge in [-0.05, 0) is 53.5 Å². The maximum Gasteiger partial charge on any atom is 0.323 e. The summed E-state index contributed by atoms with van der Waals surface area (Å²) < 4.78 is 10.6. The fourth-order valence-electron chi connectivity index (χ4n) is 2.39. The molecule has 0 aromatic heterocycles. The van der Waals surface area contributed by atoms with Gasteiger partial charge >= 0.3 is 5.97 Å². The van der Waals surface area contributed by atoms with Crippen molar-refractivity contribution in [1.82, 2.24) is 4.90 Å². The molecule has 1 aliphatic rings. The van der Waals surface area contributed by atoms with Gasteiger partial charge in [-0.25, -0.2) is 0 Å². The fourth-order valence-corrected chi connectivity index (χ4v) is 2.39. The number of nitrogens with zero attached hydrogens (tertiary/aromatic N) is 1. The molecule has 0 amide bonds. The summed E-state index contributed by atoms with van der Waals surface area (Å²) in [5.74, 6) is -0.0794. The van der Waals surface area contributed by atoms with E-state index in [0.29, 0.717) is 6.04 Å². The average molecular weight is 257 g/mol. The summed E-state index contributed by atoms with van der Waals surface area (Å²) in [6, 6.07) is 0.293. The summed E-state index contributed by atoms with van der Waals surface area (Å²) >= 11 is 0. The molecular formula is C14H27NO3. The lowest BCUT2D eigenvalue weighted by Crippen LogP contribution is -2.44. The summed E-state index contributed by atoms with van der Waals surface area (Å²) in [4.78, 5) is 14.4. The van der Waals surface area contributed by atoms with Crippen LogP contribution >= 0.6 is 0 Å². The number of ether oxygens (including phenoxy) is 2. The van der Waals surface area contributed by atoms with E-state index in [1.807, 2.05) is 20.8 Å². The molecule has 1 unspecified atom stereocenters. The van der Waals surface area contributed by atoms with Gasteiger partial charge in [-0.2, -0.15) is 0 Å². The molecule has 0 N–H and O–H groups in total. The lowest BCUT2D eigenvalue weighted by atomic mass is 10.1. The first-order chi connectivity index (χ1) is 8.35. The van der Waals surface area contributed by atoms with Crippen LogP contribution in [-0.2, 0) is 14.3 Å². The zero-order valence-electron chi connectivity index (χ0n) is 12.4. The van der Waals surface area contributed by atoms with Gasteiger partial charge in [0.1, 0.15) is 11.6 Å². The van der Waals surface area contributed by atoms with Crippen molar-refractivity contribution in [1.29, 1.82) is 0 Å². The fraction of sp³-hybridized carbons (Fsp3) is 0.929. The summed E-state index contributed by atoms with van der Waals surface area (Å²) in [7, 11) is 1.71. The Hall–Kier alpha value is -0.610. The number of methoxy groups -OCH3 is 1. The van der Waals surface area contributed by atoms with Gasteiger partial charge < -0.3 is 9.47 Å². The van der Waals surface area contributed by atoms with Gasteiger partial charge in [-0.1, -0.05) is 0 Å². The van der Waals surface area contributed by atoms with Crippen LogP contribution in [-0.4, -0.2) is 48.8 Å². The molecule has 1 heterocycles. The lowest BCUT2D eigenvalue weighted by Gasteiger charge is -2.31. The van der Waals surface area contributed by atoms with Crippen molar-refractivity contribution in [2.24, 2.45) is 0 Å². The van der Waals surface area contributed by atoms with Crippen molar-refractivity contribution in [2.75, 3.05) is 20.3 Å². The minimum absolute atomic E-state index is 0.0731. The summed E-state index contributed by atoms with van der Waals surface area (Å²) in [6.45, 7) is 9.62. The van der Waals surface area contributed by atoms with Gasteiger partial charge in [0.15, 0.2) is 0 Å². The van der Waals surface area contributed by atoms with Crippen LogP contribution in [0.5, 0.6) is 0 Å². The Kier molecular flexibility index (Phi) is 5.60. The Morgan fingerprint density at radius 1 is 1.44 bits per heavy atom. The molecule has 0 saturated carbocycles. The first kappa shape index (κ1) is 15.4. The minimum atomic E-state index is -0.402. The Morgan fingerprint density at radius 2 is 2.11 bits per heavy atom. The van der Waals surface area contributed by atoms with Crippen molar-refractivity contribution in [3.63, 3.8) is 0 Å². The molecule has 4 nitrogen and oxygen atoms in total. The molecule has 18 heavy (non-hydrogen) atoms. The topological polar surface area (TPSA) is 38.8 Å². The number of hydrogen-bond acceptors (Lipinski definition) is 4. The number of carbonyl (C=O) groups excluding carboxylic acids is 1. The standard InChI is InChI=1S/C14H27NO3/c1-11(8-10-17-5)15-9-6-7-12(15)13(16)18-14(2,3)4/h11-12H,6-10H2,1-5H3/t11?,12-/m1/s1. The predicted molar refractivity (Wildman–Crippen MR) is 71.5 cm³/mol. The summed E-state index contributed by atoms with van der Waals surface area (Å²) in [5.41, 5.74) is -0.402. The van der Waals surface area contributed by atoms with Crippen molar-refractivity contribution in [3.8, 4) is 0 Å². The van der Waals surface area contributed by atoms with Crippen molar-refractivity contribution in [2.45, 2.75) is 64.6 Å². The molecular weight excluding hydrogens is 230 g/mol. The van der Waals surface area contributed by atoms with Gasteiger partial charge in [-0.15, -0.1) is 0 Å². The van der Waals surface area contributed by atoms with E-state index in [4.69, 9.17) is 9.47 Å². The van der Waals surface area contributed by atoms with Gasteiger partial charge in [0.25, 0.3) is 0 Å². The van der Waals surface area contributed by atoms with Crippen molar-refractivity contribution in [3.05, 3.63) is 0 Å². The highest BCUT2D eigenvalue weighted by Gasteiger charge is 2.36. The van der Waals surface area contributed by atoms with Crippen LogP contribution in [0.25, 0.3) is 0 Å². The Labute approximate surface area is 111 Å². The zero-order valence-corrected chi connectivity index (χ0v) is 12.4. The predicted octanol–water partition coefficient (Wildman–Crippen LogP) is 2.22. The molecule has 1 saturated heterocycles. The number of esters is 1. The number of carbonyl (C=O) groups is 1. The van der Waals surface area contributed by atoms with Crippen molar-refractivity contribution >= 4 is 5.97 Å². The van der Waals surface area contributed by atoms with Gasteiger partial charge in [0.2, 0.25) is 0 Å². The Morgan fingerprint density at radius 3 is 2.67 bits per heavy atom. The van der Waals surface area contributed by atoms with E-state index in [2.05, 4.69) is 11.8 Å². The maximum absolute atomic E-state index is 12.2. The van der Waals surface area contributed by atoms with Crippen LogP contribution in [0.2, 0.25) is 0 Å². The first-order valence-corrected chi connectivity index (χ1v) is 6.82. The van der Waals surface area contributed by atoms with E-state index in [1.165, 1.54) is 0 Å². The molecule has 0 aromatic carbocycles.